The first-order valence-corrected chi connectivity index (χ1v) is 9.82. The lowest BCUT2D eigenvalue weighted by Gasteiger charge is -2.22. The Morgan fingerprint density at radius 3 is 2.39 bits per heavy atom. The van der Waals surface area contributed by atoms with Gasteiger partial charge in [0.1, 0.15) is 0 Å². The van der Waals surface area contributed by atoms with E-state index in [4.69, 9.17) is 16.7 Å². The second kappa shape index (κ2) is 9.02. The standard InChI is InChI=1S/C22H23ClN2O3/c1-2-15-6-8-16(9-7-15)19-14-20(17-10-12-18(23)13-11-17)25(24-19)21(26)4-3-5-22(27)28/h6-13,20H,2-5,14H2,1H3,(H,27,28). The second-order valence-corrected chi connectivity index (χ2v) is 7.29. The zero-order valence-electron chi connectivity index (χ0n) is 15.8. The number of hydrazone groups is 1. The van der Waals surface area contributed by atoms with Crippen LogP contribution in [0.5, 0.6) is 0 Å². The highest BCUT2D eigenvalue weighted by Crippen LogP contribution is 2.34. The number of hydrogen-bond donors (Lipinski definition) is 1. The normalized spacial score (nSPS) is 16.1. The van der Waals surface area contributed by atoms with E-state index < -0.39 is 5.97 Å². The molecule has 1 amide bonds. The number of benzene rings is 2. The molecule has 146 valence electrons. The van der Waals surface area contributed by atoms with Gasteiger partial charge in [0.05, 0.1) is 11.8 Å². The van der Waals surface area contributed by atoms with Gasteiger partial charge in [0, 0.05) is 24.3 Å². The van der Waals surface area contributed by atoms with Gasteiger partial charge in [0.25, 0.3) is 0 Å². The van der Waals surface area contributed by atoms with Crippen LogP contribution in [0.2, 0.25) is 5.02 Å². The number of carbonyl (C=O) groups excluding carboxylic acids is 1. The topological polar surface area (TPSA) is 70.0 Å². The lowest BCUT2D eigenvalue weighted by Crippen LogP contribution is -2.27. The van der Waals surface area contributed by atoms with E-state index in [0.717, 1.165) is 23.3 Å². The summed E-state index contributed by atoms with van der Waals surface area (Å²) >= 11 is 6.00. The Labute approximate surface area is 169 Å². The molecule has 2 aromatic carbocycles. The number of halogens is 1. The van der Waals surface area contributed by atoms with E-state index in [1.54, 1.807) is 12.1 Å². The largest absolute Gasteiger partial charge is 0.481 e. The number of hydrogen-bond acceptors (Lipinski definition) is 3. The molecule has 28 heavy (non-hydrogen) atoms. The van der Waals surface area contributed by atoms with Gasteiger partial charge in [0.15, 0.2) is 0 Å². The van der Waals surface area contributed by atoms with Crippen molar-refractivity contribution in [2.24, 2.45) is 5.10 Å². The number of carboxylic acids is 1. The summed E-state index contributed by atoms with van der Waals surface area (Å²) in [7, 11) is 0. The Kier molecular flexibility index (Phi) is 6.47. The molecule has 1 N–H and O–H groups in total. The minimum atomic E-state index is -0.899. The summed E-state index contributed by atoms with van der Waals surface area (Å²) in [5.74, 6) is -1.06. The molecule has 1 atom stereocenters. The van der Waals surface area contributed by atoms with Crippen molar-refractivity contribution in [3.8, 4) is 0 Å². The Morgan fingerprint density at radius 1 is 1.11 bits per heavy atom. The fourth-order valence-corrected chi connectivity index (χ4v) is 3.42. The van der Waals surface area contributed by atoms with E-state index in [1.807, 2.05) is 24.3 Å². The third kappa shape index (κ3) is 4.78. The molecular weight excluding hydrogens is 376 g/mol. The van der Waals surface area contributed by atoms with Gasteiger partial charge < -0.3 is 5.11 Å². The second-order valence-electron chi connectivity index (χ2n) is 6.85. The zero-order valence-corrected chi connectivity index (χ0v) is 16.5. The van der Waals surface area contributed by atoms with Crippen LogP contribution in [-0.2, 0) is 16.0 Å². The molecule has 0 radical (unpaired) electrons. The van der Waals surface area contributed by atoms with Crippen molar-refractivity contribution in [2.45, 2.75) is 45.1 Å². The molecule has 0 aromatic heterocycles. The Balaban J connectivity index is 1.84. The van der Waals surface area contributed by atoms with Crippen molar-refractivity contribution >= 4 is 29.2 Å². The van der Waals surface area contributed by atoms with E-state index in [9.17, 15) is 9.59 Å². The quantitative estimate of drug-likeness (QED) is 0.725. The summed E-state index contributed by atoms with van der Waals surface area (Å²) in [6, 6.07) is 15.4. The van der Waals surface area contributed by atoms with Gasteiger partial charge in [-0.3, -0.25) is 9.59 Å². The van der Waals surface area contributed by atoms with Crippen molar-refractivity contribution in [1.29, 1.82) is 0 Å². The summed E-state index contributed by atoms with van der Waals surface area (Å²) in [5.41, 5.74) is 4.06. The molecule has 1 aliphatic heterocycles. The maximum absolute atomic E-state index is 12.8. The van der Waals surface area contributed by atoms with E-state index in [0.29, 0.717) is 17.9 Å². The van der Waals surface area contributed by atoms with Crippen LogP contribution in [0.25, 0.3) is 0 Å². The monoisotopic (exact) mass is 398 g/mol. The third-order valence-electron chi connectivity index (χ3n) is 4.90. The van der Waals surface area contributed by atoms with Crippen LogP contribution in [0.15, 0.2) is 53.6 Å². The van der Waals surface area contributed by atoms with Gasteiger partial charge in [-0.05, 0) is 41.7 Å². The molecule has 0 saturated carbocycles. The van der Waals surface area contributed by atoms with E-state index in [-0.39, 0.29) is 24.8 Å². The van der Waals surface area contributed by atoms with E-state index in [2.05, 4.69) is 24.2 Å². The number of amides is 1. The van der Waals surface area contributed by atoms with Crippen molar-refractivity contribution in [3.05, 3.63) is 70.2 Å². The first-order chi connectivity index (χ1) is 13.5. The van der Waals surface area contributed by atoms with Crippen molar-refractivity contribution in [1.82, 2.24) is 5.01 Å². The summed E-state index contributed by atoms with van der Waals surface area (Å²) in [4.78, 5) is 23.5. The number of nitrogens with zero attached hydrogens (tertiary/aromatic N) is 2. The molecule has 6 heteroatoms. The van der Waals surface area contributed by atoms with Gasteiger partial charge in [0.2, 0.25) is 5.91 Å². The molecule has 0 spiro atoms. The molecule has 0 bridgehead atoms. The van der Waals surface area contributed by atoms with Crippen LogP contribution in [0, 0.1) is 0 Å². The number of carbonyl (C=O) groups is 2. The number of rotatable bonds is 7. The first kappa shape index (κ1) is 20.1. The first-order valence-electron chi connectivity index (χ1n) is 9.44. The van der Waals surface area contributed by atoms with Crippen molar-refractivity contribution < 1.29 is 14.7 Å². The van der Waals surface area contributed by atoms with Crippen LogP contribution < -0.4 is 0 Å². The lowest BCUT2D eigenvalue weighted by atomic mass is 9.97. The lowest BCUT2D eigenvalue weighted by molar-refractivity contribution is -0.137. The summed E-state index contributed by atoms with van der Waals surface area (Å²) < 4.78 is 0. The van der Waals surface area contributed by atoms with Gasteiger partial charge in [-0.15, -0.1) is 0 Å². The van der Waals surface area contributed by atoms with Crippen LogP contribution in [0.1, 0.15) is 55.3 Å². The molecule has 0 saturated heterocycles. The fourth-order valence-electron chi connectivity index (χ4n) is 3.30. The summed E-state index contributed by atoms with van der Waals surface area (Å²) in [5, 5.41) is 15.6. The molecule has 0 fully saturated rings. The number of aryl methyl sites for hydroxylation is 1. The van der Waals surface area contributed by atoms with Gasteiger partial charge in [-0.25, -0.2) is 5.01 Å². The zero-order chi connectivity index (χ0) is 20.1. The smallest absolute Gasteiger partial charge is 0.303 e. The summed E-state index contributed by atoms with van der Waals surface area (Å²) in [6.07, 6.45) is 2.00. The van der Waals surface area contributed by atoms with Gasteiger partial charge in [-0.2, -0.15) is 5.10 Å². The van der Waals surface area contributed by atoms with Crippen molar-refractivity contribution in [3.63, 3.8) is 0 Å². The van der Waals surface area contributed by atoms with Crippen LogP contribution >= 0.6 is 11.6 Å². The SMILES string of the molecule is CCc1ccc(C2=NN(C(=O)CCCC(=O)O)C(c3ccc(Cl)cc3)C2)cc1. The number of aliphatic carboxylic acids is 1. The molecular formula is C22H23ClN2O3. The molecule has 5 nitrogen and oxygen atoms in total. The maximum atomic E-state index is 12.8. The fraction of sp³-hybridized carbons (Fsp3) is 0.318. The number of carboxylic acid groups (broad SMARTS) is 1. The molecule has 1 aliphatic rings. The minimum Gasteiger partial charge on any atom is -0.481 e. The highest BCUT2D eigenvalue weighted by Gasteiger charge is 2.32. The van der Waals surface area contributed by atoms with Crippen LogP contribution in [0.4, 0.5) is 0 Å². The average molecular weight is 399 g/mol. The Bertz CT molecular complexity index is 876. The average Bonchev–Trinajstić information content (AvgIpc) is 3.14. The molecule has 3 rings (SSSR count). The highest BCUT2D eigenvalue weighted by molar-refractivity contribution is 6.30. The molecule has 1 heterocycles. The maximum Gasteiger partial charge on any atom is 0.303 e. The van der Waals surface area contributed by atoms with E-state index >= 15 is 0 Å². The third-order valence-corrected chi connectivity index (χ3v) is 5.15. The minimum absolute atomic E-state index is 0.0275. The predicted molar refractivity (Wildman–Crippen MR) is 109 cm³/mol. The van der Waals surface area contributed by atoms with Crippen molar-refractivity contribution in [2.75, 3.05) is 0 Å². The molecule has 0 aliphatic carbocycles. The Morgan fingerprint density at radius 2 is 1.79 bits per heavy atom. The predicted octanol–water partition coefficient (Wildman–Crippen LogP) is 4.84. The Hall–Kier alpha value is -2.66. The molecule has 2 aromatic rings. The van der Waals surface area contributed by atoms with Crippen LogP contribution in [-0.4, -0.2) is 27.7 Å². The van der Waals surface area contributed by atoms with Gasteiger partial charge in [-0.1, -0.05) is 54.9 Å². The van der Waals surface area contributed by atoms with E-state index in [1.165, 1.54) is 10.6 Å². The van der Waals surface area contributed by atoms with Gasteiger partial charge >= 0.3 is 5.97 Å². The highest BCUT2D eigenvalue weighted by atomic mass is 35.5. The molecule has 1 unspecified atom stereocenters. The summed E-state index contributed by atoms with van der Waals surface area (Å²) in [6.45, 7) is 2.11. The van der Waals surface area contributed by atoms with Crippen LogP contribution in [0.3, 0.4) is 0 Å².